The van der Waals surface area contributed by atoms with E-state index >= 15 is 0 Å². The summed E-state index contributed by atoms with van der Waals surface area (Å²) in [4.78, 5) is 4.34. The van der Waals surface area contributed by atoms with Gasteiger partial charge in [0.05, 0.1) is 10.2 Å². The van der Waals surface area contributed by atoms with Crippen molar-refractivity contribution >= 4 is 31.6 Å². The third kappa shape index (κ3) is 3.34. The molecule has 1 aromatic carbocycles. The fourth-order valence-corrected chi connectivity index (χ4v) is 5.85. The zero-order chi connectivity index (χ0) is 16.4. The average molecular weight is 341 g/mol. The van der Waals surface area contributed by atoms with Crippen molar-refractivity contribution in [2.75, 3.05) is 6.54 Å². The molecule has 1 aromatic heterocycles. The van der Waals surface area contributed by atoms with Crippen LogP contribution in [0.5, 0.6) is 0 Å². The van der Waals surface area contributed by atoms with E-state index in [1.54, 1.807) is 4.31 Å². The lowest BCUT2D eigenvalue weighted by atomic mass is 9.97. The van der Waals surface area contributed by atoms with Crippen LogP contribution < -0.4 is 0 Å². The maximum atomic E-state index is 13.0. The van der Waals surface area contributed by atoms with Crippen molar-refractivity contribution in [1.29, 1.82) is 0 Å². The van der Waals surface area contributed by atoms with Crippen molar-refractivity contribution in [2.24, 2.45) is 0 Å². The van der Waals surface area contributed by atoms with Crippen LogP contribution in [0.4, 0.5) is 0 Å². The number of nitrogens with zero attached hydrogens (tertiary/aromatic N) is 2. The summed E-state index contributed by atoms with van der Waals surface area (Å²) in [5.41, 5.74) is 0.343. The Labute approximate surface area is 137 Å². The molecule has 6 heteroatoms. The van der Waals surface area contributed by atoms with Gasteiger partial charge in [0.1, 0.15) is 0 Å². The molecule has 0 atom stereocenters. The van der Waals surface area contributed by atoms with Gasteiger partial charge in [0.2, 0.25) is 4.34 Å². The topological polar surface area (TPSA) is 50.3 Å². The second-order valence-corrected chi connectivity index (χ2v) is 9.10. The smallest absolute Gasteiger partial charge is 0.224 e. The van der Waals surface area contributed by atoms with Crippen molar-refractivity contribution in [3.8, 4) is 0 Å². The van der Waals surface area contributed by atoms with Gasteiger partial charge in [-0.15, -0.1) is 11.3 Å². The summed E-state index contributed by atoms with van der Waals surface area (Å²) in [7, 11) is -3.56. The first-order chi connectivity index (χ1) is 10.3. The van der Waals surface area contributed by atoms with Gasteiger partial charge in [-0.3, -0.25) is 0 Å². The lowest BCUT2D eigenvalue weighted by Crippen LogP contribution is -2.47. The van der Waals surface area contributed by atoms with Crippen molar-refractivity contribution in [3.63, 3.8) is 0 Å². The second-order valence-electron chi connectivity index (χ2n) is 6.03. The lowest BCUT2D eigenvalue weighted by Gasteiger charge is -2.36. The van der Waals surface area contributed by atoms with E-state index in [1.807, 2.05) is 45.0 Å². The Kier molecular flexibility index (Phi) is 5.25. The number of rotatable bonds is 7. The third-order valence-corrected chi connectivity index (χ3v) is 7.47. The van der Waals surface area contributed by atoms with Crippen LogP contribution in [-0.2, 0) is 10.0 Å². The Morgan fingerprint density at radius 3 is 2.50 bits per heavy atom. The molecule has 0 aliphatic carbocycles. The first-order valence-corrected chi connectivity index (χ1v) is 9.97. The van der Waals surface area contributed by atoms with Gasteiger partial charge in [-0.05, 0) is 32.4 Å². The lowest BCUT2D eigenvalue weighted by molar-refractivity contribution is 0.216. The number of fused-ring (bicyclic) bond motifs is 1. The van der Waals surface area contributed by atoms with Crippen LogP contribution in [0.2, 0.25) is 0 Å². The van der Waals surface area contributed by atoms with Crippen LogP contribution in [0, 0.1) is 0 Å². The molecule has 0 aliphatic heterocycles. The van der Waals surface area contributed by atoms with Gasteiger partial charge >= 0.3 is 0 Å². The molecule has 4 nitrogen and oxygen atoms in total. The van der Waals surface area contributed by atoms with Crippen LogP contribution >= 0.6 is 11.3 Å². The standard InChI is InChI=1S/C16H24N2O2S2/c1-5-7-12-16(3,4)18(6-2)22(19,20)15-17-13-10-8-9-11-14(13)21-15/h8-11H,5-7,12H2,1-4H3. The largest absolute Gasteiger partial charge is 0.270 e. The van der Waals surface area contributed by atoms with E-state index in [9.17, 15) is 8.42 Å². The number of unbranched alkanes of at least 4 members (excludes halogenated alkanes) is 1. The van der Waals surface area contributed by atoms with Crippen molar-refractivity contribution in [3.05, 3.63) is 24.3 Å². The number of hydrogen-bond acceptors (Lipinski definition) is 4. The number of sulfonamides is 1. The Balaban J connectivity index is 2.41. The van der Waals surface area contributed by atoms with E-state index in [-0.39, 0.29) is 4.34 Å². The molecule has 0 amide bonds. The summed E-state index contributed by atoms with van der Waals surface area (Å²) >= 11 is 1.25. The first-order valence-electron chi connectivity index (χ1n) is 7.71. The minimum Gasteiger partial charge on any atom is -0.224 e. The molecule has 0 saturated heterocycles. The maximum absolute atomic E-state index is 13.0. The molecule has 0 spiro atoms. The van der Waals surface area contributed by atoms with Crippen LogP contribution in [0.25, 0.3) is 10.2 Å². The second kappa shape index (κ2) is 6.64. The quantitative estimate of drug-likeness (QED) is 0.756. The molecular weight excluding hydrogens is 316 g/mol. The molecule has 2 rings (SSSR count). The van der Waals surface area contributed by atoms with E-state index in [0.717, 1.165) is 29.5 Å². The van der Waals surface area contributed by atoms with Gasteiger partial charge in [0.15, 0.2) is 0 Å². The Hall–Kier alpha value is -0.980. The first kappa shape index (κ1) is 17.4. The minimum atomic E-state index is -3.56. The molecular formula is C16H24N2O2S2. The van der Waals surface area contributed by atoms with Crippen LogP contribution in [0.3, 0.4) is 0 Å². The van der Waals surface area contributed by atoms with E-state index < -0.39 is 15.6 Å². The molecule has 0 N–H and O–H groups in total. The van der Waals surface area contributed by atoms with Gasteiger partial charge in [0.25, 0.3) is 10.0 Å². The monoisotopic (exact) mass is 340 g/mol. The zero-order valence-electron chi connectivity index (χ0n) is 13.7. The van der Waals surface area contributed by atoms with Crippen LogP contribution in [0.1, 0.15) is 47.0 Å². The fourth-order valence-electron chi connectivity index (χ4n) is 2.71. The molecule has 0 fully saturated rings. The van der Waals surface area contributed by atoms with Crippen molar-refractivity contribution < 1.29 is 8.42 Å². The summed E-state index contributed by atoms with van der Waals surface area (Å²) in [5, 5.41) is 0. The number of para-hydroxylation sites is 1. The Bertz CT molecular complexity index is 702. The number of thiazole rings is 1. The zero-order valence-corrected chi connectivity index (χ0v) is 15.3. The maximum Gasteiger partial charge on any atom is 0.270 e. The van der Waals surface area contributed by atoms with Gasteiger partial charge in [0, 0.05) is 12.1 Å². The van der Waals surface area contributed by atoms with E-state index in [1.165, 1.54) is 11.3 Å². The van der Waals surface area contributed by atoms with Crippen LogP contribution in [0.15, 0.2) is 28.6 Å². The SMILES string of the molecule is CCCCC(C)(C)N(CC)S(=O)(=O)c1nc2ccccc2s1. The van der Waals surface area contributed by atoms with Gasteiger partial charge < -0.3 is 0 Å². The predicted molar refractivity (Wildman–Crippen MR) is 92.8 cm³/mol. The normalized spacial score (nSPS) is 13.1. The van der Waals surface area contributed by atoms with Crippen molar-refractivity contribution in [2.45, 2.75) is 56.8 Å². The molecule has 0 unspecified atom stereocenters. The Morgan fingerprint density at radius 1 is 1.23 bits per heavy atom. The highest BCUT2D eigenvalue weighted by Crippen LogP contribution is 2.32. The molecule has 122 valence electrons. The third-order valence-electron chi connectivity index (χ3n) is 3.89. The average Bonchev–Trinajstić information content (AvgIpc) is 2.90. The van der Waals surface area contributed by atoms with E-state index in [2.05, 4.69) is 11.9 Å². The van der Waals surface area contributed by atoms with Gasteiger partial charge in [-0.2, -0.15) is 4.31 Å². The molecule has 0 saturated carbocycles. The highest BCUT2D eigenvalue weighted by atomic mass is 32.2. The summed E-state index contributed by atoms with van der Waals surface area (Å²) in [6, 6.07) is 7.54. The fraction of sp³-hybridized carbons (Fsp3) is 0.562. The van der Waals surface area contributed by atoms with Gasteiger partial charge in [-0.1, -0.05) is 38.8 Å². The number of hydrogen-bond donors (Lipinski definition) is 0. The summed E-state index contributed by atoms with van der Waals surface area (Å²) in [5.74, 6) is 0. The minimum absolute atomic E-state index is 0.195. The number of aromatic nitrogens is 1. The summed E-state index contributed by atoms with van der Waals surface area (Å²) < 4.78 is 28.7. The number of benzene rings is 1. The van der Waals surface area contributed by atoms with Crippen molar-refractivity contribution in [1.82, 2.24) is 9.29 Å². The highest BCUT2D eigenvalue weighted by Gasteiger charge is 2.37. The molecule has 0 bridgehead atoms. The summed E-state index contributed by atoms with van der Waals surface area (Å²) in [6.07, 6.45) is 2.92. The molecule has 0 aliphatic rings. The molecule has 1 heterocycles. The van der Waals surface area contributed by atoms with E-state index in [4.69, 9.17) is 0 Å². The molecule has 22 heavy (non-hydrogen) atoms. The predicted octanol–water partition coefficient (Wildman–Crippen LogP) is 4.28. The summed E-state index contributed by atoms with van der Waals surface area (Å²) in [6.45, 7) is 8.45. The van der Waals surface area contributed by atoms with E-state index in [0.29, 0.717) is 6.54 Å². The highest BCUT2D eigenvalue weighted by molar-refractivity contribution is 7.91. The Morgan fingerprint density at radius 2 is 1.91 bits per heavy atom. The van der Waals surface area contributed by atoms with Crippen LogP contribution in [-0.4, -0.2) is 29.8 Å². The van der Waals surface area contributed by atoms with Gasteiger partial charge in [-0.25, -0.2) is 13.4 Å². The molecule has 0 radical (unpaired) electrons. The molecule has 2 aromatic rings.